The van der Waals surface area contributed by atoms with E-state index in [-0.39, 0.29) is 18.1 Å². The van der Waals surface area contributed by atoms with Gasteiger partial charge in [0, 0.05) is 42.0 Å². The van der Waals surface area contributed by atoms with Crippen LogP contribution in [0.15, 0.2) is 23.4 Å². The average Bonchev–Trinajstić information content (AvgIpc) is 2.97. The number of hydrogen-bond acceptors (Lipinski definition) is 7. The first-order chi connectivity index (χ1) is 12.7. The van der Waals surface area contributed by atoms with Gasteiger partial charge < -0.3 is 15.4 Å². The predicted octanol–water partition coefficient (Wildman–Crippen LogP) is 2.04. The van der Waals surface area contributed by atoms with Crippen molar-refractivity contribution in [3.63, 3.8) is 0 Å². The number of ether oxygens (including phenoxy) is 1. The van der Waals surface area contributed by atoms with E-state index in [0.29, 0.717) is 17.3 Å². The van der Waals surface area contributed by atoms with Crippen LogP contribution < -0.4 is 15.4 Å². The van der Waals surface area contributed by atoms with Gasteiger partial charge in [0.2, 0.25) is 5.16 Å². The molecule has 0 radical (unpaired) electrons. The van der Waals surface area contributed by atoms with Crippen molar-refractivity contribution in [2.45, 2.75) is 38.0 Å². The SMILES string of the molecule is Cn1nnnc1SCCNCc1cc(Cl)ccc1OCC(=O)NC(C)(C)C. The van der Waals surface area contributed by atoms with Gasteiger partial charge in [-0.1, -0.05) is 23.4 Å². The summed E-state index contributed by atoms with van der Waals surface area (Å²) in [6.45, 7) is 7.08. The summed E-state index contributed by atoms with van der Waals surface area (Å²) in [5.74, 6) is 1.30. The van der Waals surface area contributed by atoms with Crippen LogP contribution in [-0.2, 0) is 18.4 Å². The number of carbonyl (C=O) groups is 1. The molecule has 2 N–H and O–H groups in total. The summed E-state index contributed by atoms with van der Waals surface area (Å²) in [5, 5.41) is 18.9. The summed E-state index contributed by atoms with van der Waals surface area (Å²) in [6, 6.07) is 5.37. The smallest absolute Gasteiger partial charge is 0.258 e. The molecule has 1 heterocycles. The summed E-state index contributed by atoms with van der Waals surface area (Å²) >= 11 is 7.67. The normalized spacial score (nSPS) is 11.4. The molecule has 0 atom stereocenters. The van der Waals surface area contributed by atoms with Crippen molar-refractivity contribution in [2.24, 2.45) is 7.05 Å². The number of benzene rings is 1. The fourth-order valence-corrected chi connectivity index (χ4v) is 3.15. The Morgan fingerprint density at radius 2 is 2.15 bits per heavy atom. The van der Waals surface area contributed by atoms with E-state index in [0.717, 1.165) is 23.0 Å². The van der Waals surface area contributed by atoms with Crippen LogP contribution in [0.3, 0.4) is 0 Å². The van der Waals surface area contributed by atoms with Gasteiger partial charge in [-0.2, -0.15) is 0 Å². The van der Waals surface area contributed by atoms with Crippen molar-refractivity contribution in [3.05, 3.63) is 28.8 Å². The zero-order valence-corrected chi connectivity index (χ0v) is 17.5. The monoisotopic (exact) mass is 412 g/mol. The minimum atomic E-state index is -0.291. The van der Waals surface area contributed by atoms with Crippen molar-refractivity contribution in [1.29, 1.82) is 0 Å². The summed E-state index contributed by atoms with van der Waals surface area (Å²) in [7, 11) is 1.81. The summed E-state index contributed by atoms with van der Waals surface area (Å²) in [4.78, 5) is 12.0. The lowest BCUT2D eigenvalue weighted by molar-refractivity contribution is -0.124. The van der Waals surface area contributed by atoms with E-state index < -0.39 is 0 Å². The number of nitrogens with zero attached hydrogens (tertiary/aromatic N) is 4. The van der Waals surface area contributed by atoms with Crippen LogP contribution in [0.4, 0.5) is 0 Å². The van der Waals surface area contributed by atoms with E-state index in [1.807, 2.05) is 26.8 Å². The largest absolute Gasteiger partial charge is 0.483 e. The van der Waals surface area contributed by atoms with Crippen molar-refractivity contribution in [2.75, 3.05) is 18.9 Å². The summed E-state index contributed by atoms with van der Waals surface area (Å²) < 4.78 is 7.32. The van der Waals surface area contributed by atoms with Crippen LogP contribution >= 0.6 is 23.4 Å². The molecule has 1 aromatic heterocycles. The molecular formula is C17H25ClN6O2S. The van der Waals surface area contributed by atoms with Gasteiger partial charge in [0.1, 0.15) is 5.75 Å². The molecule has 0 unspecified atom stereocenters. The Hall–Kier alpha value is -1.84. The van der Waals surface area contributed by atoms with Gasteiger partial charge in [-0.15, -0.1) is 5.10 Å². The zero-order chi connectivity index (χ0) is 19.9. The topological polar surface area (TPSA) is 94.0 Å². The Labute approximate surface area is 168 Å². The first kappa shape index (κ1) is 21.5. The number of hydrogen-bond donors (Lipinski definition) is 2. The van der Waals surface area contributed by atoms with Gasteiger partial charge >= 0.3 is 0 Å². The van der Waals surface area contributed by atoms with Gasteiger partial charge in [-0.25, -0.2) is 4.68 Å². The fourth-order valence-electron chi connectivity index (χ4n) is 2.21. The minimum absolute atomic E-state index is 0.0408. The number of aryl methyl sites for hydroxylation is 1. The van der Waals surface area contributed by atoms with Crippen LogP contribution in [-0.4, -0.2) is 50.6 Å². The molecule has 2 rings (SSSR count). The van der Waals surface area contributed by atoms with Gasteiger partial charge in [-0.05, 0) is 49.4 Å². The molecule has 0 spiro atoms. The van der Waals surface area contributed by atoms with E-state index in [2.05, 4.69) is 26.2 Å². The first-order valence-corrected chi connectivity index (χ1v) is 9.89. The highest BCUT2D eigenvalue weighted by atomic mass is 35.5. The highest BCUT2D eigenvalue weighted by Crippen LogP contribution is 2.23. The van der Waals surface area contributed by atoms with Crippen molar-refractivity contribution in [3.8, 4) is 5.75 Å². The van der Waals surface area contributed by atoms with Gasteiger partial charge in [0.05, 0.1) is 0 Å². The predicted molar refractivity (Wildman–Crippen MR) is 106 cm³/mol. The molecule has 1 aromatic carbocycles. The molecule has 0 fully saturated rings. The van der Waals surface area contributed by atoms with Crippen molar-refractivity contribution >= 4 is 29.3 Å². The molecule has 148 valence electrons. The maximum absolute atomic E-state index is 12.0. The van der Waals surface area contributed by atoms with Gasteiger partial charge in [0.15, 0.2) is 6.61 Å². The number of amides is 1. The minimum Gasteiger partial charge on any atom is -0.483 e. The van der Waals surface area contributed by atoms with Crippen molar-refractivity contribution < 1.29 is 9.53 Å². The molecule has 8 nitrogen and oxygen atoms in total. The first-order valence-electron chi connectivity index (χ1n) is 8.53. The number of tetrazole rings is 1. The molecule has 0 bridgehead atoms. The molecule has 0 aliphatic carbocycles. The zero-order valence-electron chi connectivity index (χ0n) is 16.0. The number of aromatic nitrogens is 4. The van der Waals surface area contributed by atoms with Crippen LogP contribution in [0.5, 0.6) is 5.75 Å². The molecule has 0 saturated heterocycles. The Bertz CT molecular complexity index is 762. The van der Waals surface area contributed by atoms with Gasteiger partial charge in [-0.3, -0.25) is 4.79 Å². The lowest BCUT2D eigenvalue weighted by Gasteiger charge is -2.21. The van der Waals surface area contributed by atoms with Crippen LogP contribution in [0.1, 0.15) is 26.3 Å². The fraction of sp³-hybridized carbons (Fsp3) is 0.529. The number of nitrogens with one attached hydrogen (secondary N) is 2. The number of thioether (sulfide) groups is 1. The molecule has 10 heteroatoms. The Morgan fingerprint density at radius 1 is 1.37 bits per heavy atom. The van der Waals surface area contributed by atoms with E-state index in [4.69, 9.17) is 16.3 Å². The highest BCUT2D eigenvalue weighted by molar-refractivity contribution is 7.99. The number of halogens is 1. The molecular weight excluding hydrogens is 388 g/mol. The Balaban J connectivity index is 1.82. The van der Waals surface area contributed by atoms with E-state index in [1.54, 1.807) is 35.6 Å². The van der Waals surface area contributed by atoms with Crippen LogP contribution in [0.25, 0.3) is 0 Å². The molecule has 1 amide bonds. The average molecular weight is 413 g/mol. The Morgan fingerprint density at radius 3 is 2.81 bits per heavy atom. The second-order valence-corrected chi connectivity index (χ2v) is 8.45. The standard InChI is InChI=1S/C17H25ClN6O2S/c1-17(2,3)20-15(25)11-26-14-6-5-13(18)9-12(14)10-19-7-8-27-16-21-22-23-24(16)4/h5-6,9,19H,7-8,10-11H2,1-4H3,(H,20,25). The molecule has 2 aromatic rings. The lowest BCUT2D eigenvalue weighted by atomic mass is 10.1. The van der Waals surface area contributed by atoms with Crippen molar-refractivity contribution in [1.82, 2.24) is 30.8 Å². The van der Waals surface area contributed by atoms with E-state index in [1.165, 1.54) is 0 Å². The third kappa shape index (κ3) is 7.74. The summed E-state index contributed by atoms with van der Waals surface area (Å²) in [5.41, 5.74) is 0.608. The van der Waals surface area contributed by atoms with Gasteiger partial charge in [0.25, 0.3) is 5.91 Å². The maximum Gasteiger partial charge on any atom is 0.258 e. The number of carbonyl (C=O) groups excluding carboxylic acids is 1. The summed E-state index contributed by atoms with van der Waals surface area (Å²) in [6.07, 6.45) is 0. The quantitative estimate of drug-likeness (QED) is 0.480. The third-order valence-corrected chi connectivity index (χ3v) is 4.55. The van der Waals surface area contributed by atoms with E-state index >= 15 is 0 Å². The maximum atomic E-state index is 12.0. The highest BCUT2D eigenvalue weighted by Gasteiger charge is 2.15. The molecule has 0 saturated carbocycles. The van der Waals surface area contributed by atoms with E-state index in [9.17, 15) is 4.79 Å². The van der Waals surface area contributed by atoms with Crippen LogP contribution in [0, 0.1) is 0 Å². The van der Waals surface area contributed by atoms with Crippen LogP contribution in [0.2, 0.25) is 5.02 Å². The molecule has 0 aliphatic heterocycles. The third-order valence-electron chi connectivity index (χ3n) is 3.30. The Kier molecular flexibility index (Phi) is 7.88. The lowest BCUT2D eigenvalue weighted by Crippen LogP contribution is -2.43. The number of rotatable bonds is 9. The second-order valence-electron chi connectivity index (χ2n) is 6.95. The second kappa shape index (κ2) is 9.91. The molecule has 27 heavy (non-hydrogen) atoms. The molecule has 0 aliphatic rings.